The SMILES string of the molecule is Cc1cccc(C(=O)N2CCCC2)c1NS(=O)(=O)c1ccc(F)c(F)c1. The molecule has 0 radical (unpaired) electrons. The molecule has 2 aromatic rings. The summed E-state index contributed by atoms with van der Waals surface area (Å²) in [5, 5.41) is 0. The lowest BCUT2D eigenvalue weighted by molar-refractivity contribution is 0.0794. The standard InChI is InChI=1S/C18H18F2N2O3S/c1-12-5-4-6-14(18(23)22-9-2-3-10-22)17(12)21-26(24,25)13-7-8-15(19)16(20)11-13/h4-8,11,21H,2-3,9-10H2,1H3. The van der Waals surface area contributed by atoms with Crippen LogP contribution >= 0.6 is 0 Å². The van der Waals surface area contributed by atoms with Gasteiger partial charge in [0, 0.05) is 13.1 Å². The molecule has 1 aliphatic heterocycles. The molecule has 8 heteroatoms. The monoisotopic (exact) mass is 380 g/mol. The second kappa shape index (κ2) is 7.03. The number of amides is 1. The highest BCUT2D eigenvalue weighted by atomic mass is 32.2. The molecule has 26 heavy (non-hydrogen) atoms. The first-order chi connectivity index (χ1) is 12.3. The van der Waals surface area contributed by atoms with Gasteiger partial charge in [0.2, 0.25) is 0 Å². The lowest BCUT2D eigenvalue weighted by Gasteiger charge is -2.19. The summed E-state index contributed by atoms with van der Waals surface area (Å²) in [7, 11) is -4.18. The first kappa shape index (κ1) is 18.3. The number of benzene rings is 2. The number of halogens is 2. The third-order valence-corrected chi connectivity index (χ3v) is 5.68. The molecule has 0 unspecified atom stereocenters. The number of nitrogens with one attached hydrogen (secondary N) is 1. The maximum Gasteiger partial charge on any atom is 0.262 e. The van der Waals surface area contributed by atoms with Crippen LogP contribution in [0, 0.1) is 18.6 Å². The van der Waals surface area contributed by atoms with Crippen LogP contribution in [0.5, 0.6) is 0 Å². The Morgan fingerprint density at radius 2 is 1.77 bits per heavy atom. The highest BCUT2D eigenvalue weighted by Crippen LogP contribution is 2.27. The molecule has 1 fully saturated rings. The number of sulfonamides is 1. The molecule has 1 aliphatic rings. The van der Waals surface area contributed by atoms with Crippen molar-refractivity contribution in [3.63, 3.8) is 0 Å². The number of para-hydroxylation sites is 1. The maximum atomic E-state index is 13.4. The van der Waals surface area contributed by atoms with Crippen LogP contribution in [0.2, 0.25) is 0 Å². The minimum Gasteiger partial charge on any atom is -0.339 e. The van der Waals surface area contributed by atoms with E-state index in [4.69, 9.17) is 0 Å². The highest BCUT2D eigenvalue weighted by Gasteiger charge is 2.25. The van der Waals surface area contributed by atoms with Gasteiger partial charge in [0.15, 0.2) is 11.6 Å². The maximum absolute atomic E-state index is 13.4. The fourth-order valence-corrected chi connectivity index (χ4v) is 4.07. The number of carbonyl (C=O) groups excluding carboxylic acids is 1. The number of rotatable bonds is 4. The van der Waals surface area contributed by atoms with Gasteiger partial charge in [0.1, 0.15) is 0 Å². The van der Waals surface area contributed by atoms with Gasteiger partial charge in [0.25, 0.3) is 15.9 Å². The third kappa shape index (κ3) is 3.55. The molecule has 1 amide bonds. The Kier molecular flexibility index (Phi) is 4.95. The number of hydrogen-bond acceptors (Lipinski definition) is 3. The molecular formula is C18H18F2N2O3S. The van der Waals surface area contributed by atoms with E-state index in [1.165, 1.54) is 0 Å². The van der Waals surface area contributed by atoms with E-state index in [1.807, 2.05) is 0 Å². The van der Waals surface area contributed by atoms with Crippen molar-refractivity contribution < 1.29 is 22.0 Å². The van der Waals surface area contributed by atoms with Gasteiger partial charge in [-0.1, -0.05) is 12.1 Å². The van der Waals surface area contributed by atoms with Crippen molar-refractivity contribution in [1.82, 2.24) is 4.90 Å². The Morgan fingerprint density at radius 1 is 1.08 bits per heavy atom. The molecule has 2 aromatic carbocycles. The summed E-state index contributed by atoms with van der Waals surface area (Å²) < 4.78 is 54.0. The van der Waals surface area contributed by atoms with E-state index in [1.54, 1.807) is 30.0 Å². The molecule has 3 rings (SSSR count). The van der Waals surface area contributed by atoms with E-state index < -0.39 is 26.6 Å². The highest BCUT2D eigenvalue weighted by molar-refractivity contribution is 7.92. The van der Waals surface area contributed by atoms with Gasteiger partial charge in [-0.2, -0.15) is 0 Å². The number of carbonyl (C=O) groups is 1. The summed E-state index contributed by atoms with van der Waals surface area (Å²) in [4.78, 5) is 14.0. The molecule has 0 spiro atoms. The van der Waals surface area contributed by atoms with Crippen LogP contribution in [0.4, 0.5) is 14.5 Å². The van der Waals surface area contributed by atoms with E-state index >= 15 is 0 Å². The summed E-state index contributed by atoms with van der Waals surface area (Å²) in [6.45, 7) is 2.92. The smallest absolute Gasteiger partial charge is 0.262 e. The topological polar surface area (TPSA) is 66.5 Å². The zero-order valence-electron chi connectivity index (χ0n) is 14.1. The lowest BCUT2D eigenvalue weighted by Crippen LogP contribution is -2.29. The van der Waals surface area contributed by atoms with Crippen molar-refractivity contribution in [1.29, 1.82) is 0 Å². The number of likely N-dealkylation sites (tertiary alicyclic amines) is 1. The van der Waals surface area contributed by atoms with Crippen molar-refractivity contribution in [3.05, 3.63) is 59.2 Å². The minimum absolute atomic E-state index is 0.147. The second-order valence-electron chi connectivity index (χ2n) is 6.18. The summed E-state index contributed by atoms with van der Waals surface area (Å²) in [5.41, 5.74) is 0.938. The van der Waals surface area contributed by atoms with Crippen LogP contribution in [0.1, 0.15) is 28.8 Å². The number of anilines is 1. The zero-order chi connectivity index (χ0) is 18.9. The van der Waals surface area contributed by atoms with Gasteiger partial charge in [-0.25, -0.2) is 17.2 Å². The molecule has 5 nitrogen and oxygen atoms in total. The van der Waals surface area contributed by atoms with Gasteiger partial charge < -0.3 is 4.90 Å². The fourth-order valence-electron chi connectivity index (χ4n) is 2.91. The molecule has 0 aliphatic carbocycles. The Labute approximate surface area is 150 Å². The third-order valence-electron chi connectivity index (χ3n) is 4.33. The largest absolute Gasteiger partial charge is 0.339 e. The van der Waals surface area contributed by atoms with Crippen LogP contribution in [-0.2, 0) is 10.0 Å². The number of hydrogen-bond donors (Lipinski definition) is 1. The molecule has 0 saturated carbocycles. The Hall–Kier alpha value is -2.48. The van der Waals surface area contributed by atoms with E-state index in [9.17, 15) is 22.0 Å². The number of aryl methyl sites for hydroxylation is 1. The van der Waals surface area contributed by atoms with Crippen LogP contribution in [-0.4, -0.2) is 32.3 Å². The normalized spacial score (nSPS) is 14.5. The number of nitrogens with zero attached hydrogens (tertiary/aromatic N) is 1. The van der Waals surface area contributed by atoms with Crippen LogP contribution in [0.3, 0.4) is 0 Å². The molecule has 0 atom stereocenters. The first-order valence-electron chi connectivity index (χ1n) is 8.16. The Morgan fingerprint density at radius 3 is 2.42 bits per heavy atom. The Bertz CT molecular complexity index is 955. The van der Waals surface area contributed by atoms with E-state index in [0.717, 1.165) is 25.0 Å². The first-order valence-corrected chi connectivity index (χ1v) is 9.64. The van der Waals surface area contributed by atoms with Crippen molar-refractivity contribution in [3.8, 4) is 0 Å². The predicted octanol–water partition coefficient (Wildman–Crippen LogP) is 3.31. The van der Waals surface area contributed by atoms with Crippen molar-refractivity contribution in [2.45, 2.75) is 24.7 Å². The summed E-state index contributed by atoms with van der Waals surface area (Å²) in [5.74, 6) is -2.65. The van der Waals surface area contributed by atoms with Gasteiger partial charge in [-0.3, -0.25) is 9.52 Å². The molecular weight excluding hydrogens is 362 g/mol. The molecule has 0 bridgehead atoms. The average Bonchev–Trinajstić information content (AvgIpc) is 3.13. The quantitative estimate of drug-likeness (QED) is 0.885. The van der Waals surface area contributed by atoms with Gasteiger partial charge >= 0.3 is 0 Å². The van der Waals surface area contributed by atoms with Crippen LogP contribution < -0.4 is 4.72 Å². The van der Waals surface area contributed by atoms with E-state index in [2.05, 4.69) is 4.72 Å². The minimum atomic E-state index is -4.18. The summed E-state index contributed by atoms with van der Waals surface area (Å²) in [6, 6.07) is 7.23. The van der Waals surface area contributed by atoms with Gasteiger partial charge in [0.05, 0.1) is 16.1 Å². The van der Waals surface area contributed by atoms with Crippen molar-refractivity contribution >= 4 is 21.6 Å². The van der Waals surface area contributed by atoms with E-state index in [0.29, 0.717) is 24.7 Å². The van der Waals surface area contributed by atoms with Gasteiger partial charge in [-0.05, 0) is 49.6 Å². The molecule has 1 saturated heterocycles. The van der Waals surface area contributed by atoms with E-state index in [-0.39, 0.29) is 17.2 Å². The second-order valence-corrected chi connectivity index (χ2v) is 7.86. The molecule has 138 valence electrons. The van der Waals surface area contributed by atoms with Crippen LogP contribution in [0.25, 0.3) is 0 Å². The lowest BCUT2D eigenvalue weighted by atomic mass is 10.1. The van der Waals surface area contributed by atoms with Crippen molar-refractivity contribution in [2.75, 3.05) is 17.8 Å². The Balaban J connectivity index is 1.98. The average molecular weight is 380 g/mol. The molecule has 0 aromatic heterocycles. The predicted molar refractivity (Wildman–Crippen MR) is 93.5 cm³/mol. The molecule has 1 N–H and O–H groups in total. The zero-order valence-corrected chi connectivity index (χ0v) is 14.9. The summed E-state index contributed by atoms with van der Waals surface area (Å²) in [6.07, 6.45) is 1.82. The fraction of sp³-hybridized carbons (Fsp3) is 0.278. The molecule has 1 heterocycles. The summed E-state index contributed by atoms with van der Waals surface area (Å²) >= 11 is 0. The van der Waals surface area contributed by atoms with Crippen molar-refractivity contribution in [2.24, 2.45) is 0 Å². The van der Waals surface area contributed by atoms with Gasteiger partial charge in [-0.15, -0.1) is 0 Å². The van der Waals surface area contributed by atoms with Crippen LogP contribution in [0.15, 0.2) is 41.3 Å².